The predicted octanol–water partition coefficient (Wildman–Crippen LogP) is -2.13. The summed E-state index contributed by atoms with van der Waals surface area (Å²) in [6.45, 7) is 0. The van der Waals surface area contributed by atoms with Crippen LogP contribution in [0.3, 0.4) is 0 Å². The predicted molar refractivity (Wildman–Crippen MR) is 39.7 cm³/mol. The Bertz CT molecular complexity index is 511. The number of fused-ring (bicyclic) bond motifs is 1. The van der Waals surface area contributed by atoms with Crippen molar-refractivity contribution in [1.29, 1.82) is 0 Å². The molecule has 0 atom stereocenters. The standard InChI is InChI=1S/C2HN9O4/c12-10(13)9(11(14)15)8-2-1(4-7-8)3-6-5-2/h(H,3,5,6). The van der Waals surface area contributed by atoms with E-state index in [4.69, 9.17) is 0 Å². The molecule has 2 heterocycles. The number of aromatic nitrogens is 6. The van der Waals surface area contributed by atoms with Gasteiger partial charge in [0.25, 0.3) is 10.9 Å². The van der Waals surface area contributed by atoms with Crippen LogP contribution in [0.4, 0.5) is 0 Å². The van der Waals surface area contributed by atoms with Crippen LogP contribution in [0.25, 0.3) is 11.3 Å². The molecule has 0 saturated heterocycles. The number of hydrazine groups is 2. The van der Waals surface area contributed by atoms with Gasteiger partial charge >= 0.3 is 5.65 Å². The third kappa shape index (κ3) is 1.18. The minimum Gasteiger partial charge on any atom is -0.300 e. The Labute approximate surface area is 78.5 Å². The fourth-order valence-corrected chi connectivity index (χ4v) is 0.867. The van der Waals surface area contributed by atoms with E-state index in [0.29, 0.717) is 4.79 Å². The van der Waals surface area contributed by atoms with Crippen LogP contribution in [0, 0.1) is 20.2 Å². The minimum atomic E-state index is -1.27. The number of rotatable bonds is 3. The molecular weight excluding hydrogens is 214 g/mol. The van der Waals surface area contributed by atoms with E-state index in [1.165, 1.54) is 0 Å². The summed E-state index contributed by atoms with van der Waals surface area (Å²) in [7, 11) is 0. The van der Waals surface area contributed by atoms with Crippen molar-refractivity contribution in [3.05, 3.63) is 20.2 Å². The monoisotopic (exact) mass is 215 g/mol. The van der Waals surface area contributed by atoms with Crippen LogP contribution in [0.5, 0.6) is 0 Å². The third-order valence-electron chi connectivity index (χ3n) is 1.39. The van der Waals surface area contributed by atoms with Crippen LogP contribution in [0.15, 0.2) is 0 Å². The van der Waals surface area contributed by atoms with Crippen LogP contribution in [-0.4, -0.2) is 40.6 Å². The Morgan fingerprint density at radius 3 is 2.53 bits per heavy atom. The van der Waals surface area contributed by atoms with Gasteiger partial charge in [-0.15, -0.1) is 5.10 Å². The zero-order chi connectivity index (χ0) is 11.0. The number of hydrogen-bond acceptors (Lipinski definition) is 8. The third-order valence-corrected chi connectivity index (χ3v) is 1.39. The maximum atomic E-state index is 10.3. The summed E-state index contributed by atoms with van der Waals surface area (Å²) in [5.41, 5.74) is -0.285. The molecule has 78 valence electrons. The molecule has 0 saturated carbocycles. The van der Waals surface area contributed by atoms with Crippen molar-refractivity contribution in [1.82, 2.24) is 30.5 Å². The zero-order valence-corrected chi connectivity index (χ0v) is 6.71. The molecule has 2 rings (SSSR count). The van der Waals surface area contributed by atoms with E-state index < -0.39 is 15.3 Å². The number of nitro groups is 2. The molecule has 13 nitrogen and oxygen atoms in total. The summed E-state index contributed by atoms with van der Waals surface area (Å²) < 4.78 is 0. The van der Waals surface area contributed by atoms with Gasteiger partial charge in [0, 0.05) is 0 Å². The van der Waals surface area contributed by atoms with Gasteiger partial charge in [0.2, 0.25) is 0 Å². The Kier molecular flexibility index (Phi) is 1.64. The molecule has 2 aromatic heterocycles. The van der Waals surface area contributed by atoms with Crippen LogP contribution >= 0.6 is 0 Å². The van der Waals surface area contributed by atoms with Crippen molar-refractivity contribution in [2.24, 2.45) is 0 Å². The van der Waals surface area contributed by atoms with Crippen LogP contribution in [0.1, 0.15) is 0 Å². The van der Waals surface area contributed by atoms with Gasteiger partial charge in [-0.2, -0.15) is 5.21 Å². The lowest BCUT2D eigenvalue weighted by molar-refractivity contribution is -0.736. The van der Waals surface area contributed by atoms with E-state index >= 15 is 0 Å². The molecule has 13 heteroatoms. The van der Waals surface area contributed by atoms with Gasteiger partial charge in [-0.3, -0.25) is 20.2 Å². The summed E-state index contributed by atoms with van der Waals surface area (Å²) in [6, 6.07) is 0. The van der Waals surface area contributed by atoms with E-state index in [1.807, 2.05) is 0 Å². The second kappa shape index (κ2) is 2.82. The van der Waals surface area contributed by atoms with Gasteiger partial charge in [-0.25, -0.2) is 0 Å². The summed E-state index contributed by atoms with van der Waals surface area (Å²) in [5, 5.41) is 33.1. The first-order chi connectivity index (χ1) is 7.11. The highest BCUT2D eigenvalue weighted by atomic mass is 16.8. The second-order valence-corrected chi connectivity index (χ2v) is 2.19. The lowest BCUT2D eigenvalue weighted by Gasteiger charge is -2.00. The average Bonchev–Trinajstić information content (AvgIpc) is 2.67. The van der Waals surface area contributed by atoms with Gasteiger partial charge < -0.3 is 0 Å². The van der Waals surface area contributed by atoms with Crippen molar-refractivity contribution >= 4 is 11.3 Å². The molecule has 0 spiro atoms. The number of H-pyrrole nitrogens is 1. The molecule has 15 heavy (non-hydrogen) atoms. The second-order valence-electron chi connectivity index (χ2n) is 2.19. The van der Waals surface area contributed by atoms with Crippen LogP contribution in [-0.2, 0) is 0 Å². The van der Waals surface area contributed by atoms with Gasteiger partial charge in [0.1, 0.15) is 4.79 Å². The van der Waals surface area contributed by atoms with Crippen molar-refractivity contribution in [3.8, 4) is 0 Å². The van der Waals surface area contributed by atoms with Gasteiger partial charge in [0.05, 0.1) is 5.21 Å². The number of nitrogens with one attached hydrogen (secondary N) is 1. The molecule has 0 fully saturated rings. The first kappa shape index (κ1) is 8.73. The Morgan fingerprint density at radius 1 is 1.27 bits per heavy atom. The molecule has 0 aliphatic heterocycles. The van der Waals surface area contributed by atoms with Crippen LogP contribution in [0.2, 0.25) is 0 Å². The molecule has 0 unspecified atom stereocenters. The Morgan fingerprint density at radius 2 is 1.93 bits per heavy atom. The highest BCUT2D eigenvalue weighted by molar-refractivity contribution is 5.62. The van der Waals surface area contributed by atoms with Crippen LogP contribution < -0.4 is 5.23 Å². The smallest absolute Gasteiger partial charge is 0.300 e. The largest absolute Gasteiger partial charge is 0.375 e. The Balaban J connectivity index is 2.57. The summed E-state index contributed by atoms with van der Waals surface area (Å²) >= 11 is 0. The highest BCUT2D eigenvalue weighted by Crippen LogP contribution is 2.03. The first-order valence-electron chi connectivity index (χ1n) is 3.32. The molecule has 0 aliphatic carbocycles. The SMILES string of the molecule is O=[N+]([O-])N(n1nnc2n[nH]nc21)[N+](=O)[O-]. The van der Waals surface area contributed by atoms with E-state index in [-0.39, 0.29) is 11.3 Å². The fraction of sp³-hybridized carbons (Fsp3) is 0. The van der Waals surface area contributed by atoms with Gasteiger partial charge in [-0.05, 0) is 0 Å². The molecule has 0 bridgehead atoms. The molecule has 1 N–H and O–H groups in total. The lowest BCUT2D eigenvalue weighted by atomic mass is 10.8. The normalized spacial score (nSPS) is 10.4. The molecular formula is C2HN9O4. The van der Waals surface area contributed by atoms with Crippen molar-refractivity contribution in [2.75, 3.05) is 5.23 Å². The topological polar surface area (TPSA) is 162 Å². The first-order valence-corrected chi connectivity index (χ1v) is 3.32. The van der Waals surface area contributed by atoms with E-state index in [9.17, 15) is 20.2 Å². The molecule has 2 aromatic rings. The number of nitrogens with zero attached hydrogens (tertiary/aromatic N) is 8. The van der Waals surface area contributed by atoms with E-state index in [1.54, 1.807) is 0 Å². The molecule has 0 aliphatic rings. The fourth-order valence-electron chi connectivity index (χ4n) is 0.867. The van der Waals surface area contributed by atoms with Crippen molar-refractivity contribution in [3.63, 3.8) is 0 Å². The van der Waals surface area contributed by atoms with Gasteiger partial charge in [-0.1, -0.05) is 10.2 Å². The van der Waals surface area contributed by atoms with Gasteiger partial charge in [0.15, 0.2) is 10.1 Å². The molecule has 0 amide bonds. The zero-order valence-electron chi connectivity index (χ0n) is 6.71. The Hall–Kier alpha value is -2.86. The number of hydrogen-bond donors (Lipinski definition) is 1. The quantitative estimate of drug-likeness (QED) is 0.444. The van der Waals surface area contributed by atoms with E-state index in [0.717, 1.165) is 0 Å². The summed E-state index contributed by atoms with van der Waals surface area (Å²) in [6.07, 6.45) is 0. The molecule has 0 aromatic carbocycles. The maximum Gasteiger partial charge on any atom is 0.375 e. The van der Waals surface area contributed by atoms with Crippen molar-refractivity contribution in [2.45, 2.75) is 0 Å². The van der Waals surface area contributed by atoms with Crippen molar-refractivity contribution < 1.29 is 10.1 Å². The summed E-state index contributed by atoms with van der Waals surface area (Å²) in [4.78, 5) is 21.0. The van der Waals surface area contributed by atoms with E-state index in [2.05, 4.69) is 25.7 Å². The maximum absolute atomic E-state index is 10.3. The summed E-state index contributed by atoms with van der Waals surface area (Å²) in [5.74, 6) is 0. The average molecular weight is 215 g/mol. The lowest BCUT2D eigenvalue weighted by Crippen LogP contribution is -2.45. The number of aromatic amines is 1. The molecule has 0 radical (unpaired) electrons. The minimum absolute atomic E-state index is 0.0660. The highest BCUT2D eigenvalue weighted by Gasteiger charge is 2.35.